The van der Waals surface area contributed by atoms with Crippen LogP contribution in [-0.4, -0.2) is 24.9 Å². The molecule has 0 atom stereocenters. The van der Waals surface area contributed by atoms with E-state index in [0.717, 1.165) is 16.7 Å². The highest BCUT2D eigenvalue weighted by molar-refractivity contribution is 5.93. The monoisotopic (exact) mass is 205 g/mol. The number of hydrogen-bond donors (Lipinski definition) is 0. The zero-order valence-corrected chi connectivity index (χ0v) is 8.56. The van der Waals surface area contributed by atoms with E-state index in [2.05, 4.69) is 4.74 Å². The Morgan fingerprint density at radius 1 is 1.27 bits per heavy atom. The van der Waals surface area contributed by atoms with Crippen LogP contribution in [0.15, 0.2) is 30.5 Å². The molecule has 0 spiro atoms. The Morgan fingerprint density at radius 2 is 2.07 bits per heavy atom. The number of methoxy groups -OCH3 is 2. The lowest BCUT2D eigenvalue weighted by Gasteiger charge is -2.03. The number of nitrogens with zero attached hydrogens (tertiary/aromatic N) is 1. The fourth-order valence-electron chi connectivity index (χ4n) is 1.57. The van der Waals surface area contributed by atoms with Gasteiger partial charge in [-0.05, 0) is 18.2 Å². The normalized spacial score (nSPS) is 10.3. The van der Waals surface area contributed by atoms with Crippen molar-refractivity contribution in [3.05, 3.63) is 30.5 Å². The summed E-state index contributed by atoms with van der Waals surface area (Å²) in [6, 6.07) is 7.35. The molecule has 1 aromatic carbocycles. The van der Waals surface area contributed by atoms with Gasteiger partial charge in [0.25, 0.3) is 0 Å². The molecule has 0 saturated heterocycles. The maximum absolute atomic E-state index is 11.4. The molecule has 0 N–H and O–H groups in total. The van der Waals surface area contributed by atoms with Crippen molar-refractivity contribution >= 4 is 17.0 Å². The highest BCUT2D eigenvalue weighted by Gasteiger charge is 2.10. The molecule has 2 rings (SSSR count). The Kier molecular flexibility index (Phi) is 2.33. The molecular formula is C11H11NO3. The van der Waals surface area contributed by atoms with Crippen LogP contribution in [0.5, 0.6) is 5.75 Å². The molecule has 15 heavy (non-hydrogen) atoms. The van der Waals surface area contributed by atoms with Crippen molar-refractivity contribution in [2.24, 2.45) is 0 Å². The van der Waals surface area contributed by atoms with Crippen LogP contribution in [0, 0.1) is 0 Å². The molecule has 0 bridgehead atoms. The number of carbonyl (C=O) groups excluding carboxylic acids is 1. The largest absolute Gasteiger partial charge is 0.496 e. The molecule has 2 aromatic rings. The van der Waals surface area contributed by atoms with Crippen molar-refractivity contribution in [1.29, 1.82) is 0 Å². The van der Waals surface area contributed by atoms with E-state index in [4.69, 9.17) is 4.74 Å². The minimum Gasteiger partial charge on any atom is -0.496 e. The number of aromatic nitrogens is 1. The molecule has 4 heteroatoms. The van der Waals surface area contributed by atoms with Gasteiger partial charge in [0.05, 0.1) is 19.7 Å². The zero-order valence-electron chi connectivity index (χ0n) is 8.56. The third kappa shape index (κ3) is 1.44. The Bertz CT molecular complexity index is 502. The van der Waals surface area contributed by atoms with E-state index in [-0.39, 0.29) is 0 Å². The van der Waals surface area contributed by atoms with Crippen molar-refractivity contribution in [3.63, 3.8) is 0 Å². The molecule has 1 heterocycles. The smallest absolute Gasteiger partial charge is 0.418 e. The predicted molar refractivity (Wildman–Crippen MR) is 56.3 cm³/mol. The van der Waals surface area contributed by atoms with Gasteiger partial charge in [-0.15, -0.1) is 0 Å². The molecule has 78 valence electrons. The average molecular weight is 205 g/mol. The molecule has 0 unspecified atom stereocenters. The molecular weight excluding hydrogens is 194 g/mol. The van der Waals surface area contributed by atoms with Gasteiger partial charge in [0.2, 0.25) is 0 Å². The number of hydrogen-bond acceptors (Lipinski definition) is 3. The Morgan fingerprint density at radius 3 is 2.73 bits per heavy atom. The number of benzene rings is 1. The first-order valence-corrected chi connectivity index (χ1v) is 4.50. The molecule has 0 aliphatic carbocycles. The molecule has 4 nitrogen and oxygen atoms in total. The first kappa shape index (κ1) is 9.58. The second-order valence-corrected chi connectivity index (χ2v) is 3.05. The minimum atomic E-state index is -0.404. The molecule has 0 aliphatic heterocycles. The predicted octanol–water partition coefficient (Wildman–Crippen LogP) is 2.26. The fraction of sp³-hybridized carbons (Fsp3) is 0.182. The van der Waals surface area contributed by atoms with Crippen LogP contribution in [-0.2, 0) is 4.74 Å². The van der Waals surface area contributed by atoms with Gasteiger partial charge in [-0.1, -0.05) is 6.07 Å². The highest BCUT2D eigenvalue weighted by atomic mass is 16.5. The van der Waals surface area contributed by atoms with Crippen LogP contribution in [0.25, 0.3) is 10.9 Å². The van der Waals surface area contributed by atoms with Crippen LogP contribution in [0.2, 0.25) is 0 Å². The van der Waals surface area contributed by atoms with Crippen molar-refractivity contribution in [1.82, 2.24) is 4.57 Å². The summed E-state index contributed by atoms with van der Waals surface area (Å²) in [4.78, 5) is 11.4. The van der Waals surface area contributed by atoms with Gasteiger partial charge in [-0.3, -0.25) is 4.57 Å². The second kappa shape index (κ2) is 3.65. The summed E-state index contributed by atoms with van der Waals surface area (Å²) in [5.74, 6) is 0.746. The number of rotatable bonds is 1. The standard InChI is InChI=1S/C11H11NO3/c1-14-10-5-3-4-9-8(10)6-7-12(9)11(13)15-2/h3-7H,1-2H3. The SMILES string of the molecule is COC(=O)n1ccc2c(OC)cccc21. The zero-order chi connectivity index (χ0) is 10.8. The minimum absolute atomic E-state index is 0.404. The summed E-state index contributed by atoms with van der Waals surface area (Å²) >= 11 is 0. The molecule has 0 saturated carbocycles. The van der Waals surface area contributed by atoms with Gasteiger partial charge in [0.1, 0.15) is 5.75 Å². The van der Waals surface area contributed by atoms with Crippen LogP contribution < -0.4 is 4.74 Å². The number of fused-ring (bicyclic) bond motifs is 1. The number of carbonyl (C=O) groups is 1. The van der Waals surface area contributed by atoms with Crippen molar-refractivity contribution in [2.75, 3.05) is 14.2 Å². The van der Waals surface area contributed by atoms with Crippen LogP contribution >= 0.6 is 0 Å². The first-order chi connectivity index (χ1) is 7.27. The summed E-state index contributed by atoms with van der Waals surface area (Å²) in [6.45, 7) is 0. The molecule has 0 radical (unpaired) electrons. The Labute approximate surface area is 87.0 Å². The van der Waals surface area contributed by atoms with Gasteiger partial charge in [0.15, 0.2) is 0 Å². The third-order valence-electron chi connectivity index (χ3n) is 2.28. The van der Waals surface area contributed by atoms with Crippen molar-refractivity contribution < 1.29 is 14.3 Å². The lowest BCUT2D eigenvalue weighted by molar-refractivity contribution is 0.174. The first-order valence-electron chi connectivity index (χ1n) is 4.50. The molecule has 1 aromatic heterocycles. The maximum atomic E-state index is 11.4. The van der Waals surface area contributed by atoms with Crippen LogP contribution in [0.1, 0.15) is 0 Å². The van der Waals surface area contributed by atoms with E-state index in [1.54, 1.807) is 13.3 Å². The summed E-state index contributed by atoms with van der Waals surface area (Å²) < 4.78 is 11.3. The lowest BCUT2D eigenvalue weighted by atomic mass is 10.2. The van der Waals surface area contributed by atoms with Gasteiger partial charge in [-0.25, -0.2) is 4.79 Å². The Hall–Kier alpha value is -1.97. The van der Waals surface area contributed by atoms with Crippen LogP contribution in [0.4, 0.5) is 4.79 Å². The van der Waals surface area contributed by atoms with Gasteiger partial charge in [-0.2, -0.15) is 0 Å². The summed E-state index contributed by atoms with van der Waals surface area (Å²) in [6.07, 6.45) is 1.26. The second-order valence-electron chi connectivity index (χ2n) is 3.05. The molecule has 0 amide bonds. The van der Waals surface area contributed by atoms with Crippen molar-refractivity contribution in [3.8, 4) is 5.75 Å². The fourth-order valence-corrected chi connectivity index (χ4v) is 1.57. The van der Waals surface area contributed by atoms with E-state index in [1.807, 2.05) is 24.3 Å². The third-order valence-corrected chi connectivity index (χ3v) is 2.28. The van der Waals surface area contributed by atoms with E-state index in [1.165, 1.54) is 11.7 Å². The summed E-state index contributed by atoms with van der Waals surface area (Å²) in [7, 11) is 2.96. The molecule has 0 fully saturated rings. The summed E-state index contributed by atoms with van der Waals surface area (Å²) in [5, 5.41) is 0.894. The Balaban J connectivity index is 2.66. The van der Waals surface area contributed by atoms with Gasteiger partial charge < -0.3 is 9.47 Å². The average Bonchev–Trinajstić information content (AvgIpc) is 2.71. The van der Waals surface area contributed by atoms with Gasteiger partial charge in [0, 0.05) is 11.6 Å². The van der Waals surface area contributed by atoms with Gasteiger partial charge >= 0.3 is 6.09 Å². The topological polar surface area (TPSA) is 40.5 Å². The van der Waals surface area contributed by atoms with E-state index in [0.29, 0.717) is 0 Å². The van der Waals surface area contributed by atoms with E-state index >= 15 is 0 Å². The van der Waals surface area contributed by atoms with E-state index < -0.39 is 6.09 Å². The maximum Gasteiger partial charge on any atom is 0.418 e. The highest BCUT2D eigenvalue weighted by Crippen LogP contribution is 2.26. The quantitative estimate of drug-likeness (QED) is 0.717. The number of ether oxygens (including phenoxy) is 2. The summed E-state index contributed by atoms with van der Waals surface area (Å²) in [5.41, 5.74) is 0.779. The lowest BCUT2D eigenvalue weighted by Crippen LogP contribution is -2.09. The van der Waals surface area contributed by atoms with Crippen LogP contribution in [0.3, 0.4) is 0 Å². The van der Waals surface area contributed by atoms with Crippen molar-refractivity contribution in [2.45, 2.75) is 0 Å². The molecule has 0 aliphatic rings. The van der Waals surface area contributed by atoms with E-state index in [9.17, 15) is 4.79 Å².